The van der Waals surface area contributed by atoms with Gasteiger partial charge in [0.1, 0.15) is 12.2 Å². The molecule has 226 valence electrons. The first-order chi connectivity index (χ1) is 17.4. The van der Waals surface area contributed by atoms with Gasteiger partial charge >= 0.3 is 11.9 Å². The van der Waals surface area contributed by atoms with Gasteiger partial charge in [-0.25, -0.2) is 9.59 Å². The Kier molecular flexibility index (Phi) is 19.2. The molecule has 0 saturated heterocycles. The van der Waals surface area contributed by atoms with E-state index in [1.807, 2.05) is 0 Å². The van der Waals surface area contributed by atoms with Crippen LogP contribution < -0.4 is 5.32 Å². The molecule has 0 aromatic carbocycles. The Labute approximate surface area is 219 Å². The van der Waals surface area contributed by atoms with Crippen molar-refractivity contribution >= 4 is 17.8 Å². The number of carboxylic acid groups (broad SMARTS) is 2. The maximum absolute atomic E-state index is 11.1. The third kappa shape index (κ3) is 14.8. The highest BCUT2D eigenvalue weighted by atomic mass is 16.4. The van der Waals surface area contributed by atoms with Crippen LogP contribution in [-0.2, 0) is 14.4 Å². The minimum Gasteiger partial charge on any atom is -0.479 e. The summed E-state index contributed by atoms with van der Waals surface area (Å²) in [4.78, 5) is 31.9. The largest absolute Gasteiger partial charge is 0.479 e. The zero-order chi connectivity index (χ0) is 30.3. The number of aliphatic carboxylic acids is 2. The summed E-state index contributed by atoms with van der Waals surface area (Å²) in [6.45, 7) is 3.74. The van der Waals surface area contributed by atoms with Crippen molar-refractivity contribution in [1.82, 2.24) is 5.32 Å². The van der Waals surface area contributed by atoms with E-state index in [4.69, 9.17) is 20.4 Å². The van der Waals surface area contributed by atoms with E-state index in [0.717, 1.165) is 6.92 Å². The zero-order valence-electron chi connectivity index (χ0n) is 21.5. The Hall–Kier alpha value is -1.99. The number of carboxylic acids is 2. The molecule has 0 bridgehead atoms. The van der Waals surface area contributed by atoms with Crippen LogP contribution in [0.1, 0.15) is 46.5 Å². The molecular weight excluding hydrogens is 518 g/mol. The molecule has 0 aliphatic heterocycles. The molecule has 0 spiro atoms. The predicted octanol–water partition coefficient (Wildman–Crippen LogP) is -4.90. The number of carbonyl (C=O) groups is 3. The number of hydrogen-bond acceptors (Lipinski definition) is 13. The van der Waals surface area contributed by atoms with Crippen molar-refractivity contribution in [3.8, 4) is 0 Å². The SMILES string of the molecule is CC(=O)NC(C(O)CC(O)C(=O)O)C(O)C(O)C(C)CO.CCC(O)C(O)C(O)CC(O)CC(O)C(=O)O. The smallest absolute Gasteiger partial charge is 0.332 e. The Morgan fingerprint density at radius 3 is 1.55 bits per heavy atom. The summed E-state index contributed by atoms with van der Waals surface area (Å²) >= 11 is 0. The van der Waals surface area contributed by atoms with Crippen LogP contribution in [-0.4, -0.2) is 147 Å². The van der Waals surface area contributed by atoms with Gasteiger partial charge in [0, 0.05) is 38.7 Å². The van der Waals surface area contributed by atoms with Crippen molar-refractivity contribution in [2.75, 3.05) is 6.61 Å². The molecule has 0 aromatic rings. The van der Waals surface area contributed by atoms with E-state index in [1.54, 1.807) is 6.92 Å². The number of nitrogens with one attached hydrogen (secondary N) is 1. The van der Waals surface area contributed by atoms with E-state index in [-0.39, 0.29) is 12.8 Å². The minimum atomic E-state index is -1.88. The predicted molar refractivity (Wildman–Crippen MR) is 127 cm³/mol. The molecule has 0 aliphatic rings. The lowest BCUT2D eigenvalue weighted by Gasteiger charge is -2.33. The molecule has 1 amide bonds. The maximum atomic E-state index is 11.1. The third-order valence-corrected chi connectivity index (χ3v) is 5.62. The molecule has 16 nitrogen and oxygen atoms in total. The van der Waals surface area contributed by atoms with Gasteiger partial charge < -0.3 is 66.6 Å². The third-order valence-electron chi connectivity index (χ3n) is 5.62. The summed E-state index contributed by atoms with van der Waals surface area (Å²) in [6.07, 6.45) is -14.6. The van der Waals surface area contributed by atoms with Gasteiger partial charge in [-0.15, -0.1) is 0 Å². The molecule has 0 radical (unpaired) electrons. The van der Waals surface area contributed by atoms with E-state index >= 15 is 0 Å². The summed E-state index contributed by atoms with van der Waals surface area (Å²) in [5.74, 6) is -4.37. The lowest BCUT2D eigenvalue weighted by Crippen LogP contribution is -2.56. The summed E-state index contributed by atoms with van der Waals surface area (Å²) in [5.41, 5.74) is 0. The van der Waals surface area contributed by atoms with Gasteiger partial charge in [-0.2, -0.15) is 0 Å². The first-order valence-corrected chi connectivity index (χ1v) is 11.9. The van der Waals surface area contributed by atoms with Crippen LogP contribution >= 0.6 is 0 Å². The Balaban J connectivity index is 0. The molecule has 11 atom stereocenters. The average Bonchev–Trinajstić information content (AvgIpc) is 2.84. The highest BCUT2D eigenvalue weighted by Crippen LogP contribution is 2.16. The van der Waals surface area contributed by atoms with Crippen LogP contribution in [0.5, 0.6) is 0 Å². The molecule has 0 fully saturated rings. The van der Waals surface area contributed by atoms with Crippen molar-refractivity contribution in [2.45, 2.75) is 107 Å². The summed E-state index contributed by atoms with van der Waals surface area (Å²) in [6, 6.07) is -1.39. The van der Waals surface area contributed by atoms with Crippen molar-refractivity contribution in [3.63, 3.8) is 0 Å². The number of carbonyl (C=O) groups excluding carboxylic acids is 1. The van der Waals surface area contributed by atoms with E-state index in [1.165, 1.54) is 6.92 Å². The molecule has 0 aliphatic carbocycles. The Bertz CT molecular complexity index is 696. The molecule has 0 rings (SSSR count). The van der Waals surface area contributed by atoms with Gasteiger partial charge in [-0.1, -0.05) is 13.8 Å². The second kappa shape index (κ2) is 19.1. The molecule has 13 N–H and O–H groups in total. The van der Waals surface area contributed by atoms with Gasteiger partial charge in [-0.05, 0) is 6.42 Å². The maximum Gasteiger partial charge on any atom is 0.332 e. The van der Waals surface area contributed by atoms with Crippen LogP contribution in [0.3, 0.4) is 0 Å². The first-order valence-electron chi connectivity index (χ1n) is 11.9. The van der Waals surface area contributed by atoms with Crippen LogP contribution in [0.2, 0.25) is 0 Å². The molecule has 16 heteroatoms. The van der Waals surface area contributed by atoms with Crippen molar-refractivity contribution < 1.29 is 75.7 Å². The molecule has 0 heterocycles. The average molecular weight is 562 g/mol. The van der Waals surface area contributed by atoms with Crippen molar-refractivity contribution in [3.05, 3.63) is 0 Å². The molecule has 11 unspecified atom stereocenters. The van der Waals surface area contributed by atoms with Crippen molar-refractivity contribution in [1.29, 1.82) is 0 Å². The zero-order valence-corrected chi connectivity index (χ0v) is 21.5. The lowest BCUT2D eigenvalue weighted by molar-refractivity contribution is -0.149. The summed E-state index contributed by atoms with van der Waals surface area (Å²) in [7, 11) is 0. The fourth-order valence-electron chi connectivity index (χ4n) is 3.15. The van der Waals surface area contributed by atoms with Crippen LogP contribution in [0.4, 0.5) is 0 Å². The van der Waals surface area contributed by atoms with Crippen LogP contribution in [0, 0.1) is 5.92 Å². The molecule has 38 heavy (non-hydrogen) atoms. The summed E-state index contributed by atoms with van der Waals surface area (Å²) < 4.78 is 0. The number of hydrogen-bond donors (Lipinski definition) is 13. The first kappa shape index (κ1) is 38.2. The summed E-state index contributed by atoms with van der Waals surface area (Å²) in [5, 5.41) is 113. The van der Waals surface area contributed by atoms with Gasteiger partial charge in [-0.3, -0.25) is 4.79 Å². The highest BCUT2D eigenvalue weighted by Gasteiger charge is 2.36. The number of aliphatic hydroxyl groups is 10. The Morgan fingerprint density at radius 2 is 1.16 bits per heavy atom. The van der Waals surface area contributed by atoms with E-state index in [0.29, 0.717) is 0 Å². The second-order valence-electron chi connectivity index (χ2n) is 9.04. The highest BCUT2D eigenvalue weighted by molar-refractivity contribution is 5.73. The fraction of sp³-hybridized carbons (Fsp3) is 0.864. The van der Waals surface area contributed by atoms with Gasteiger partial charge in [0.15, 0.2) is 12.2 Å². The second-order valence-corrected chi connectivity index (χ2v) is 9.04. The number of aliphatic hydroxyl groups excluding tert-OH is 10. The monoisotopic (exact) mass is 561 g/mol. The van der Waals surface area contributed by atoms with Crippen molar-refractivity contribution in [2.24, 2.45) is 5.92 Å². The molecular formula is C22H43NO15. The fourth-order valence-corrected chi connectivity index (χ4v) is 3.15. The van der Waals surface area contributed by atoms with Gasteiger partial charge in [0.25, 0.3) is 0 Å². The quantitative estimate of drug-likeness (QED) is 0.0791. The Morgan fingerprint density at radius 1 is 0.684 bits per heavy atom. The van der Waals surface area contributed by atoms with Crippen LogP contribution in [0.25, 0.3) is 0 Å². The molecule has 0 saturated carbocycles. The molecule has 0 aromatic heterocycles. The van der Waals surface area contributed by atoms with Gasteiger partial charge in [0.05, 0.1) is 36.6 Å². The van der Waals surface area contributed by atoms with Gasteiger partial charge in [0.2, 0.25) is 5.91 Å². The van der Waals surface area contributed by atoms with E-state index in [2.05, 4.69) is 5.32 Å². The normalized spacial score (nSPS) is 20.1. The minimum absolute atomic E-state index is 0.242. The number of amides is 1. The lowest BCUT2D eigenvalue weighted by atomic mass is 9.90. The topological polar surface area (TPSA) is 306 Å². The van der Waals surface area contributed by atoms with E-state index < -0.39 is 104 Å². The van der Waals surface area contributed by atoms with E-state index in [9.17, 15) is 55.2 Å². The standard InChI is InChI=1S/C12H23NO8.C10H20O7/c1-5(4-14)10(18)11(19)9(13-6(2)15)7(16)3-8(17)12(20)21;1-2-6(12)9(15)7(13)3-5(11)4-8(14)10(16)17/h5,7-11,14,16-19H,3-4H2,1-2H3,(H,13,15)(H,20,21);5-9,11-15H,2-4H2,1H3,(H,16,17). The number of rotatable bonds is 17. The van der Waals surface area contributed by atoms with Crippen LogP contribution in [0.15, 0.2) is 0 Å².